The van der Waals surface area contributed by atoms with Crippen LogP contribution in [0.5, 0.6) is 0 Å². The third-order valence-electron chi connectivity index (χ3n) is 2.90. The molecule has 0 unspecified atom stereocenters. The van der Waals surface area contributed by atoms with Crippen molar-refractivity contribution < 1.29 is 0 Å². The zero-order valence-electron chi connectivity index (χ0n) is 12.6. The number of hydrogen-bond acceptors (Lipinski definition) is 5. The van der Waals surface area contributed by atoms with E-state index in [2.05, 4.69) is 52.0 Å². The molecule has 0 aliphatic rings. The standard InChI is InChI=1S/C15H19BrN4S/c1-5-17-13-10(4)14(20-12(19-13)9(2)3)21-15-11(16)7-6-8-18-15/h6-9H,5H2,1-4H3,(H,17,19,20). The molecule has 2 aromatic heterocycles. The first kappa shape index (κ1) is 16.2. The predicted octanol–water partition coefficient (Wildman–Crippen LogP) is 4.65. The van der Waals surface area contributed by atoms with Crippen LogP contribution >= 0.6 is 27.7 Å². The van der Waals surface area contributed by atoms with Crippen LogP contribution in [0.2, 0.25) is 0 Å². The lowest BCUT2D eigenvalue weighted by atomic mass is 10.2. The van der Waals surface area contributed by atoms with Gasteiger partial charge in [0.25, 0.3) is 0 Å². The Morgan fingerprint density at radius 1 is 1.29 bits per heavy atom. The van der Waals surface area contributed by atoms with E-state index in [1.807, 2.05) is 19.1 Å². The topological polar surface area (TPSA) is 50.7 Å². The van der Waals surface area contributed by atoms with Gasteiger partial charge in [-0.15, -0.1) is 0 Å². The van der Waals surface area contributed by atoms with Crippen molar-refractivity contribution >= 4 is 33.5 Å². The van der Waals surface area contributed by atoms with Crippen LogP contribution in [-0.2, 0) is 0 Å². The number of rotatable bonds is 5. The van der Waals surface area contributed by atoms with Gasteiger partial charge in [0, 0.05) is 24.2 Å². The molecule has 0 aromatic carbocycles. The monoisotopic (exact) mass is 366 g/mol. The number of aromatic nitrogens is 3. The second-order valence-corrected chi connectivity index (χ2v) is 6.77. The first-order valence-electron chi connectivity index (χ1n) is 6.93. The maximum Gasteiger partial charge on any atom is 0.134 e. The van der Waals surface area contributed by atoms with Crippen LogP contribution < -0.4 is 5.32 Å². The molecule has 2 aromatic rings. The highest BCUT2D eigenvalue weighted by atomic mass is 79.9. The molecule has 0 aliphatic heterocycles. The summed E-state index contributed by atoms with van der Waals surface area (Å²) >= 11 is 5.10. The van der Waals surface area contributed by atoms with E-state index in [1.165, 1.54) is 0 Å². The van der Waals surface area contributed by atoms with E-state index in [4.69, 9.17) is 4.98 Å². The highest BCUT2D eigenvalue weighted by molar-refractivity contribution is 9.10. The van der Waals surface area contributed by atoms with Crippen molar-refractivity contribution in [2.45, 2.75) is 43.7 Å². The van der Waals surface area contributed by atoms with Gasteiger partial charge in [-0.3, -0.25) is 0 Å². The van der Waals surface area contributed by atoms with Gasteiger partial charge in [-0.2, -0.15) is 0 Å². The number of halogens is 1. The molecule has 4 nitrogen and oxygen atoms in total. The zero-order valence-corrected chi connectivity index (χ0v) is 15.0. The fourth-order valence-corrected chi connectivity index (χ4v) is 3.10. The van der Waals surface area contributed by atoms with Crippen molar-refractivity contribution in [2.75, 3.05) is 11.9 Å². The third-order valence-corrected chi connectivity index (χ3v) is 4.91. The molecular formula is C15H19BrN4S. The van der Waals surface area contributed by atoms with E-state index in [-0.39, 0.29) is 5.92 Å². The molecule has 0 fully saturated rings. The van der Waals surface area contributed by atoms with Crippen LogP contribution in [0.4, 0.5) is 5.82 Å². The van der Waals surface area contributed by atoms with E-state index >= 15 is 0 Å². The Kier molecular flexibility index (Phi) is 5.58. The Morgan fingerprint density at radius 2 is 2.05 bits per heavy atom. The van der Waals surface area contributed by atoms with Crippen molar-refractivity contribution in [1.29, 1.82) is 0 Å². The van der Waals surface area contributed by atoms with Gasteiger partial charge in [0.15, 0.2) is 0 Å². The van der Waals surface area contributed by atoms with Crippen LogP contribution in [0.1, 0.15) is 38.1 Å². The fourth-order valence-electron chi connectivity index (χ4n) is 1.75. The summed E-state index contributed by atoms with van der Waals surface area (Å²) in [5.74, 6) is 2.05. The van der Waals surface area contributed by atoms with Crippen molar-refractivity contribution in [3.05, 3.63) is 34.2 Å². The Hall–Kier alpha value is -1.14. The first-order chi connectivity index (χ1) is 10.0. The van der Waals surface area contributed by atoms with Gasteiger partial charge >= 0.3 is 0 Å². The highest BCUT2D eigenvalue weighted by Gasteiger charge is 2.15. The molecule has 0 aliphatic carbocycles. The van der Waals surface area contributed by atoms with Crippen molar-refractivity contribution in [1.82, 2.24) is 15.0 Å². The molecule has 0 bridgehead atoms. The maximum absolute atomic E-state index is 4.70. The average molecular weight is 367 g/mol. The summed E-state index contributed by atoms with van der Waals surface area (Å²) < 4.78 is 0.976. The lowest BCUT2D eigenvalue weighted by Crippen LogP contribution is -2.08. The molecule has 0 spiro atoms. The minimum atomic E-state index is 0.287. The molecule has 0 saturated heterocycles. The summed E-state index contributed by atoms with van der Waals surface area (Å²) in [6.45, 7) is 9.16. The van der Waals surface area contributed by atoms with E-state index in [9.17, 15) is 0 Å². The summed E-state index contributed by atoms with van der Waals surface area (Å²) in [5, 5.41) is 5.18. The lowest BCUT2D eigenvalue weighted by Gasteiger charge is -2.14. The summed E-state index contributed by atoms with van der Waals surface area (Å²) in [6, 6.07) is 3.89. The summed E-state index contributed by atoms with van der Waals surface area (Å²) in [6.07, 6.45) is 1.79. The SMILES string of the molecule is CCNc1nc(C(C)C)nc(Sc2ncccc2Br)c1C. The summed E-state index contributed by atoms with van der Waals surface area (Å²) in [5.41, 5.74) is 1.06. The highest BCUT2D eigenvalue weighted by Crippen LogP contribution is 2.34. The van der Waals surface area contributed by atoms with E-state index < -0.39 is 0 Å². The van der Waals surface area contributed by atoms with Crippen LogP contribution in [0.3, 0.4) is 0 Å². The normalized spacial score (nSPS) is 11.0. The van der Waals surface area contributed by atoms with Crippen molar-refractivity contribution in [2.24, 2.45) is 0 Å². The van der Waals surface area contributed by atoms with Gasteiger partial charge in [0.1, 0.15) is 21.7 Å². The Morgan fingerprint density at radius 3 is 2.67 bits per heavy atom. The van der Waals surface area contributed by atoms with E-state index in [0.29, 0.717) is 0 Å². The maximum atomic E-state index is 4.70. The quantitative estimate of drug-likeness (QED) is 0.780. The molecule has 2 heterocycles. The Balaban J connectivity index is 2.44. The van der Waals surface area contributed by atoms with Gasteiger partial charge in [-0.05, 0) is 53.7 Å². The largest absolute Gasteiger partial charge is 0.370 e. The fraction of sp³-hybridized carbons (Fsp3) is 0.400. The molecule has 21 heavy (non-hydrogen) atoms. The molecule has 0 saturated carbocycles. The molecule has 6 heteroatoms. The average Bonchev–Trinajstić information content (AvgIpc) is 2.45. The molecule has 0 amide bonds. The predicted molar refractivity (Wildman–Crippen MR) is 91.1 cm³/mol. The minimum Gasteiger partial charge on any atom is -0.370 e. The van der Waals surface area contributed by atoms with Gasteiger partial charge in [-0.1, -0.05) is 13.8 Å². The summed E-state index contributed by atoms with van der Waals surface area (Å²) in [4.78, 5) is 13.7. The van der Waals surface area contributed by atoms with Crippen LogP contribution in [0.25, 0.3) is 0 Å². The number of nitrogens with one attached hydrogen (secondary N) is 1. The van der Waals surface area contributed by atoms with E-state index in [0.717, 1.165) is 38.3 Å². The van der Waals surface area contributed by atoms with Crippen LogP contribution in [-0.4, -0.2) is 21.5 Å². The molecule has 2 rings (SSSR count). The number of hydrogen-bond donors (Lipinski definition) is 1. The third kappa shape index (κ3) is 3.95. The second kappa shape index (κ2) is 7.22. The van der Waals surface area contributed by atoms with Crippen molar-refractivity contribution in [3.63, 3.8) is 0 Å². The number of anilines is 1. The second-order valence-electron chi connectivity index (χ2n) is 4.94. The smallest absolute Gasteiger partial charge is 0.134 e. The van der Waals surface area contributed by atoms with Gasteiger partial charge in [-0.25, -0.2) is 15.0 Å². The van der Waals surface area contributed by atoms with E-state index in [1.54, 1.807) is 18.0 Å². The first-order valence-corrected chi connectivity index (χ1v) is 8.54. The lowest BCUT2D eigenvalue weighted by molar-refractivity contribution is 0.748. The minimum absolute atomic E-state index is 0.287. The van der Waals surface area contributed by atoms with Gasteiger partial charge < -0.3 is 5.32 Å². The Bertz CT molecular complexity index is 631. The molecular weight excluding hydrogens is 348 g/mol. The van der Waals surface area contributed by atoms with Crippen LogP contribution in [0.15, 0.2) is 32.9 Å². The number of nitrogens with zero attached hydrogens (tertiary/aromatic N) is 3. The van der Waals surface area contributed by atoms with Crippen LogP contribution in [0, 0.1) is 6.92 Å². The van der Waals surface area contributed by atoms with Gasteiger partial charge in [0.2, 0.25) is 0 Å². The molecule has 0 atom stereocenters. The number of pyridine rings is 1. The van der Waals surface area contributed by atoms with Gasteiger partial charge in [0.05, 0.1) is 4.47 Å². The summed E-state index contributed by atoms with van der Waals surface area (Å²) in [7, 11) is 0. The zero-order chi connectivity index (χ0) is 15.4. The Labute approximate surface area is 138 Å². The molecule has 0 radical (unpaired) electrons. The molecule has 1 N–H and O–H groups in total. The van der Waals surface area contributed by atoms with Crippen molar-refractivity contribution in [3.8, 4) is 0 Å². The molecule has 112 valence electrons.